The predicted molar refractivity (Wildman–Crippen MR) is 109 cm³/mol. The first-order valence-electron chi connectivity index (χ1n) is 8.78. The fourth-order valence-electron chi connectivity index (χ4n) is 2.94. The van der Waals surface area contributed by atoms with E-state index in [2.05, 4.69) is 15.4 Å². The molecule has 28 heavy (non-hydrogen) atoms. The van der Waals surface area contributed by atoms with Gasteiger partial charge in [-0.1, -0.05) is 18.2 Å². The van der Waals surface area contributed by atoms with Crippen molar-refractivity contribution in [3.05, 3.63) is 63.6 Å². The number of aromatic nitrogens is 3. The summed E-state index contributed by atoms with van der Waals surface area (Å²) in [5.41, 5.74) is 2.13. The molecule has 3 aromatic heterocycles. The molecule has 142 valence electrons. The minimum Gasteiger partial charge on any atom is -0.422 e. The molecule has 1 N–H and O–H groups in total. The molecule has 0 fully saturated rings. The van der Waals surface area contributed by atoms with E-state index in [-0.39, 0.29) is 11.9 Å². The number of para-hydroxylation sites is 1. The van der Waals surface area contributed by atoms with Crippen LogP contribution in [0.5, 0.6) is 0 Å². The number of nitrogens with one attached hydrogen (secondary N) is 1. The van der Waals surface area contributed by atoms with Crippen LogP contribution in [0, 0.1) is 6.92 Å². The smallest absolute Gasteiger partial charge is 0.345 e. The number of carbonyl (C=O) groups excluding carboxylic acids is 1. The van der Waals surface area contributed by atoms with Crippen LogP contribution in [-0.4, -0.2) is 20.7 Å². The molecule has 0 radical (unpaired) electrons. The lowest BCUT2D eigenvalue weighted by Gasteiger charge is -2.09. The lowest BCUT2D eigenvalue weighted by atomic mass is 10.1. The maximum atomic E-state index is 12.7. The summed E-state index contributed by atoms with van der Waals surface area (Å²) in [4.78, 5) is 29.4. The molecule has 4 aromatic rings. The number of carbonyl (C=O) groups is 1. The molecule has 0 unspecified atom stereocenters. The van der Waals surface area contributed by atoms with Crippen molar-refractivity contribution in [3.8, 4) is 11.3 Å². The Kier molecular flexibility index (Phi) is 4.56. The van der Waals surface area contributed by atoms with E-state index in [0.717, 1.165) is 11.1 Å². The van der Waals surface area contributed by atoms with Crippen molar-refractivity contribution in [1.29, 1.82) is 0 Å². The van der Waals surface area contributed by atoms with Gasteiger partial charge in [0.1, 0.15) is 11.3 Å². The normalized spacial score (nSPS) is 11.3. The third kappa shape index (κ3) is 3.34. The highest BCUT2D eigenvalue weighted by atomic mass is 32.1. The van der Waals surface area contributed by atoms with Gasteiger partial charge in [-0.05, 0) is 39.0 Å². The molecule has 0 aliphatic heterocycles. The Morgan fingerprint density at radius 2 is 2.04 bits per heavy atom. The number of aryl methyl sites for hydroxylation is 1. The first-order chi connectivity index (χ1) is 13.4. The van der Waals surface area contributed by atoms with E-state index >= 15 is 0 Å². The third-order valence-electron chi connectivity index (χ3n) is 4.22. The van der Waals surface area contributed by atoms with E-state index in [1.807, 2.05) is 39.0 Å². The fraction of sp³-hybridized carbons (Fsp3) is 0.200. The zero-order valence-electron chi connectivity index (χ0n) is 15.6. The maximum absolute atomic E-state index is 12.7. The highest BCUT2D eigenvalue weighted by molar-refractivity contribution is 7.14. The van der Waals surface area contributed by atoms with Gasteiger partial charge >= 0.3 is 5.63 Å². The number of fused-ring (bicyclic) bond motifs is 1. The summed E-state index contributed by atoms with van der Waals surface area (Å²) in [5, 5.41) is 10.1. The molecule has 0 aliphatic carbocycles. The van der Waals surface area contributed by atoms with E-state index in [1.165, 1.54) is 11.3 Å². The Morgan fingerprint density at radius 3 is 2.82 bits per heavy atom. The second kappa shape index (κ2) is 7.05. The van der Waals surface area contributed by atoms with Gasteiger partial charge < -0.3 is 4.42 Å². The zero-order valence-corrected chi connectivity index (χ0v) is 16.4. The van der Waals surface area contributed by atoms with Crippen LogP contribution in [0.4, 0.5) is 5.13 Å². The molecule has 4 rings (SSSR count). The zero-order chi connectivity index (χ0) is 19.8. The molecule has 3 heterocycles. The summed E-state index contributed by atoms with van der Waals surface area (Å²) in [6, 6.07) is 10.8. The van der Waals surface area contributed by atoms with Crippen LogP contribution in [-0.2, 0) is 0 Å². The van der Waals surface area contributed by atoms with Gasteiger partial charge in [0, 0.05) is 16.8 Å². The van der Waals surface area contributed by atoms with Gasteiger partial charge in [-0.2, -0.15) is 5.10 Å². The summed E-state index contributed by atoms with van der Waals surface area (Å²) in [6.45, 7) is 5.77. The Bertz CT molecular complexity index is 1240. The molecule has 0 atom stereocenters. The van der Waals surface area contributed by atoms with Gasteiger partial charge in [0.25, 0.3) is 5.91 Å². The number of nitrogens with zero attached hydrogens (tertiary/aromatic N) is 3. The van der Waals surface area contributed by atoms with Crippen molar-refractivity contribution in [2.75, 3.05) is 5.32 Å². The monoisotopic (exact) mass is 394 g/mol. The number of hydrogen-bond acceptors (Lipinski definition) is 6. The van der Waals surface area contributed by atoms with Gasteiger partial charge in [-0.25, -0.2) is 9.78 Å². The minimum absolute atomic E-state index is 0.0588. The predicted octanol–water partition coefficient (Wildman–Crippen LogP) is 4.25. The van der Waals surface area contributed by atoms with E-state index in [9.17, 15) is 9.59 Å². The molecule has 7 nitrogen and oxygen atoms in total. The first kappa shape index (κ1) is 18.1. The van der Waals surface area contributed by atoms with Crippen molar-refractivity contribution in [3.63, 3.8) is 0 Å². The molecule has 0 spiro atoms. The van der Waals surface area contributed by atoms with Gasteiger partial charge in [0.05, 0.1) is 17.0 Å². The number of thiazole rings is 1. The first-order valence-corrected chi connectivity index (χ1v) is 9.66. The number of rotatable bonds is 4. The lowest BCUT2D eigenvalue weighted by Crippen LogP contribution is -2.18. The van der Waals surface area contributed by atoms with E-state index in [1.54, 1.807) is 28.3 Å². The molecule has 0 saturated carbocycles. The van der Waals surface area contributed by atoms with Crippen molar-refractivity contribution < 1.29 is 9.21 Å². The van der Waals surface area contributed by atoms with Crippen molar-refractivity contribution in [2.24, 2.45) is 0 Å². The second-order valence-electron chi connectivity index (χ2n) is 6.69. The maximum Gasteiger partial charge on any atom is 0.345 e. The fourth-order valence-corrected chi connectivity index (χ4v) is 3.64. The summed E-state index contributed by atoms with van der Waals surface area (Å²) >= 11 is 1.25. The molecule has 1 amide bonds. The Morgan fingerprint density at radius 1 is 1.25 bits per heavy atom. The van der Waals surface area contributed by atoms with Gasteiger partial charge in [0.15, 0.2) is 5.13 Å². The van der Waals surface area contributed by atoms with Crippen LogP contribution in [0.2, 0.25) is 0 Å². The number of anilines is 1. The average molecular weight is 394 g/mol. The van der Waals surface area contributed by atoms with E-state index < -0.39 is 5.63 Å². The van der Waals surface area contributed by atoms with Gasteiger partial charge in [0.2, 0.25) is 0 Å². The lowest BCUT2D eigenvalue weighted by molar-refractivity contribution is 0.101. The quantitative estimate of drug-likeness (QED) is 0.523. The van der Waals surface area contributed by atoms with Crippen LogP contribution in [0.15, 0.2) is 51.0 Å². The Labute approximate surface area is 164 Å². The summed E-state index contributed by atoms with van der Waals surface area (Å²) in [7, 11) is 0. The Balaban J connectivity index is 1.63. The number of benzene rings is 1. The molecule has 0 saturated heterocycles. The molecule has 1 aromatic carbocycles. The van der Waals surface area contributed by atoms with Crippen LogP contribution in [0.25, 0.3) is 22.2 Å². The average Bonchev–Trinajstić information content (AvgIpc) is 3.27. The van der Waals surface area contributed by atoms with Crippen LogP contribution in [0.3, 0.4) is 0 Å². The number of amides is 1. The van der Waals surface area contributed by atoms with Crippen molar-refractivity contribution in [1.82, 2.24) is 14.8 Å². The SMILES string of the molecule is Cc1cc(C(=O)Nc2nc(-c3cc4ccccc4oc3=O)cs2)n(C(C)C)n1. The molecule has 0 aliphatic rings. The molecular weight excluding hydrogens is 376 g/mol. The second-order valence-corrected chi connectivity index (χ2v) is 7.54. The number of hydrogen-bond donors (Lipinski definition) is 1. The van der Waals surface area contributed by atoms with E-state index in [4.69, 9.17) is 4.42 Å². The summed E-state index contributed by atoms with van der Waals surface area (Å²) in [6.07, 6.45) is 0. The molecule has 8 heteroatoms. The van der Waals surface area contributed by atoms with Crippen molar-refractivity contribution >= 4 is 33.3 Å². The Hall–Kier alpha value is -3.26. The molecular formula is C20H18N4O3S. The highest BCUT2D eigenvalue weighted by Crippen LogP contribution is 2.26. The highest BCUT2D eigenvalue weighted by Gasteiger charge is 2.18. The summed E-state index contributed by atoms with van der Waals surface area (Å²) in [5.74, 6) is -0.291. The largest absolute Gasteiger partial charge is 0.422 e. The minimum atomic E-state index is -0.463. The summed E-state index contributed by atoms with van der Waals surface area (Å²) < 4.78 is 7.04. The van der Waals surface area contributed by atoms with Gasteiger partial charge in [-0.15, -0.1) is 11.3 Å². The molecule has 0 bridgehead atoms. The standard InChI is InChI=1S/C20H18N4O3S/c1-11(2)24-16(8-12(3)23-24)18(25)22-20-21-15(10-28-20)14-9-13-6-4-5-7-17(13)27-19(14)26/h4-11H,1-3H3,(H,21,22,25). The van der Waals surface area contributed by atoms with Crippen LogP contribution in [0.1, 0.15) is 36.1 Å². The van der Waals surface area contributed by atoms with Crippen LogP contribution >= 0.6 is 11.3 Å². The van der Waals surface area contributed by atoms with Crippen LogP contribution < -0.4 is 10.9 Å². The van der Waals surface area contributed by atoms with Crippen molar-refractivity contribution in [2.45, 2.75) is 26.8 Å². The topological polar surface area (TPSA) is 90.0 Å². The van der Waals surface area contributed by atoms with Gasteiger partial charge in [-0.3, -0.25) is 14.8 Å². The van der Waals surface area contributed by atoms with E-state index in [0.29, 0.717) is 27.7 Å². The third-order valence-corrected chi connectivity index (χ3v) is 4.98.